The van der Waals surface area contributed by atoms with E-state index in [9.17, 15) is 5.11 Å². The van der Waals surface area contributed by atoms with E-state index >= 15 is 0 Å². The van der Waals surface area contributed by atoms with Gasteiger partial charge in [0.25, 0.3) is 0 Å². The van der Waals surface area contributed by atoms with E-state index in [4.69, 9.17) is 0 Å². The monoisotopic (exact) mass is 196 g/mol. The van der Waals surface area contributed by atoms with Gasteiger partial charge >= 0.3 is 0 Å². The topological polar surface area (TPSA) is 20.2 Å². The van der Waals surface area contributed by atoms with Crippen molar-refractivity contribution < 1.29 is 5.11 Å². The predicted molar refractivity (Wildman–Crippen MR) is 59.2 cm³/mol. The first-order valence-corrected chi connectivity index (χ1v) is 5.93. The molecule has 1 aromatic carbocycles. The van der Waals surface area contributed by atoms with Gasteiger partial charge in [-0.25, -0.2) is 0 Å². The Morgan fingerprint density at radius 3 is 2.38 bits per heavy atom. The van der Waals surface area contributed by atoms with Crippen LogP contribution in [0.15, 0.2) is 24.3 Å². The van der Waals surface area contributed by atoms with E-state index in [1.165, 1.54) is 5.56 Å². The Morgan fingerprint density at radius 1 is 1.31 bits per heavy atom. The summed E-state index contributed by atoms with van der Waals surface area (Å²) >= 11 is 1.66. The first-order chi connectivity index (χ1) is 6.27. The lowest BCUT2D eigenvalue weighted by Crippen LogP contribution is -1.99. The van der Waals surface area contributed by atoms with Gasteiger partial charge in [0, 0.05) is 5.75 Å². The van der Waals surface area contributed by atoms with Crippen molar-refractivity contribution in [2.75, 3.05) is 12.0 Å². The second kappa shape index (κ2) is 5.30. The van der Waals surface area contributed by atoms with Crippen molar-refractivity contribution in [1.82, 2.24) is 0 Å². The highest BCUT2D eigenvalue weighted by atomic mass is 32.2. The van der Waals surface area contributed by atoms with Crippen LogP contribution in [0.4, 0.5) is 0 Å². The molecule has 0 aliphatic carbocycles. The Labute approximate surface area is 84.2 Å². The lowest BCUT2D eigenvalue weighted by atomic mass is 10.1. The van der Waals surface area contributed by atoms with E-state index in [-0.39, 0.29) is 6.10 Å². The summed E-state index contributed by atoms with van der Waals surface area (Å²) in [5.41, 5.74) is 2.34. The number of hydrogen-bond acceptors (Lipinski definition) is 2. The molecule has 13 heavy (non-hydrogen) atoms. The molecule has 0 aromatic heterocycles. The van der Waals surface area contributed by atoms with Crippen LogP contribution < -0.4 is 0 Å². The molecule has 1 rings (SSSR count). The second-order valence-corrected chi connectivity index (χ2v) is 3.98. The van der Waals surface area contributed by atoms with Gasteiger partial charge in [0.05, 0.1) is 6.10 Å². The van der Waals surface area contributed by atoms with Crippen molar-refractivity contribution >= 4 is 11.8 Å². The first kappa shape index (κ1) is 10.6. The summed E-state index contributed by atoms with van der Waals surface area (Å²) in [6.07, 6.45) is 2.74. The van der Waals surface area contributed by atoms with Gasteiger partial charge in [0.15, 0.2) is 0 Å². The van der Waals surface area contributed by atoms with E-state index < -0.39 is 0 Å². The third-order valence-corrected chi connectivity index (χ3v) is 2.75. The standard InChI is InChI=1S/C11H16OS/c1-3-9-4-6-10(7-5-9)11(12)8-13-2/h4-7,11-12H,3,8H2,1-2H3. The number of aliphatic hydroxyl groups excluding tert-OH is 1. The fourth-order valence-corrected chi connectivity index (χ4v) is 1.74. The highest BCUT2D eigenvalue weighted by molar-refractivity contribution is 7.98. The molecule has 1 aromatic rings. The molecule has 0 spiro atoms. The molecule has 0 saturated heterocycles. The fraction of sp³-hybridized carbons (Fsp3) is 0.455. The van der Waals surface area contributed by atoms with Gasteiger partial charge in [-0.1, -0.05) is 31.2 Å². The summed E-state index contributed by atoms with van der Waals surface area (Å²) in [4.78, 5) is 0. The Bertz CT molecular complexity index is 243. The fourth-order valence-electron chi connectivity index (χ4n) is 1.23. The number of hydrogen-bond donors (Lipinski definition) is 1. The molecule has 1 N–H and O–H groups in total. The SMILES string of the molecule is CCc1ccc(C(O)CSC)cc1. The Kier molecular flexibility index (Phi) is 4.33. The average Bonchev–Trinajstić information content (AvgIpc) is 2.18. The van der Waals surface area contributed by atoms with E-state index in [1.807, 2.05) is 18.4 Å². The highest BCUT2D eigenvalue weighted by Crippen LogP contribution is 2.17. The minimum Gasteiger partial charge on any atom is -0.388 e. The van der Waals surface area contributed by atoms with Crippen molar-refractivity contribution in [2.45, 2.75) is 19.4 Å². The van der Waals surface area contributed by atoms with E-state index in [2.05, 4.69) is 19.1 Å². The van der Waals surface area contributed by atoms with Gasteiger partial charge in [0.1, 0.15) is 0 Å². The minimum atomic E-state index is -0.319. The third-order valence-electron chi connectivity index (χ3n) is 2.10. The van der Waals surface area contributed by atoms with E-state index in [1.54, 1.807) is 11.8 Å². The second-order valence-electron chi connectivity index (χ2n) is 3.07. The highest BCUT2D eigenvalue weighted by Gasteiger charge is 2.05. The summed E-state index contributed by atoms with van der Waals surface area (Å²) < 4.78 is 0. The van der Waals surface area contributed by atoms with Crippen molar-refractivity contribution in [2.24, 2.45) is 0 Å². The Hall–Kier alpha value is -0.470. The zero-order valence-corrected chi connectivity index (χ0v) is 8.97. The molecule has 1 unspecified atom stereocenters. The normalized spacial score (nSPS) is 12.8. The largest absolute Gasteiger partial charge is 0.388 e. The van der Waals surface area contributed by atoms with Crippen molar-refractivity contribution in [1.29, 1.82) is 0 Å². The Balaban J connectivity index is 2.67. The molecule has 0 fully saturated rings. The summed E-state index contributed by atoms with van der Waals surface area (Å²) in [6, 6.07) is 8.19. The summed E-state index contributed by atoms with van der Waals surface area (Å²) in [5.74, 6) is 0.769. The third kappa shape index (κ3) is 3.05. The van der Waals surface area contributed by atoms with Crippen LogP contribution in [0.2, 0.25) is 0 Å². The number of aryl methyl sites for hydroxylation is 1. The maximum atomic E-state index is 9.66. The van der Waals surface area contributed by atoms with Gasteiger partial charge in [-0.05, 0) is 23.8 Å². The van der Waals surface area contributed by atoms with Crippen molar-refractivity contribution in [3.63, 3.8) is 0 Å². The van der Waals surface area contributed by atoms with Crippen molar-refractivity contribution in [3.8, 4) is 0 Å². The van der Waals surface area contributed by atoms with Crippen molar-refractivity contribution in [3.05, 3.63) is 35.4 Å². The molecule has 0 aliphatic rings. The Morgan fingerprint density at radius 2 is 1.92 bits per heavy atom. The molecule has 0 bridgehead atoms. The summed E-state index contributed by atoms with van der Waals surface area (Å²) in [7, 11) is 0. The lowest BCUT2D eigenvalue weighted by molar-refractivity contribution is 0.204. The molecule has 72 valence electrons. The summed E-state index contributed by atoms with van der Waals surface area (Å²) in [5, 5.41) is 9.66. The van der Waals surface area contributed by atoms with E-state index in [0.717, 1.165) is 17.7 Å². The number of rotatable bonds is 4. The van der Waals surface area contributed by atoms with Gasteiger partial charge < -0.3 is 5.11 Å². The number of benzene rings is 1. The average molecular weight is 196 g/mol. The van der Waals surface area contributed by atoms with Crippen LogP contribution in [0.1, 0.15) is 24.2 Å². The van der Waals surface area contributed by atoms with Gasteiger partial charge in [-0.2, -0.15) is 11.8 Å². The van der Waals surface area contributed by atoms with Crippen LogP contribution in [-0.2, 0) is 6.42 Å². The zero-order chi connectivity index (χ0) is 9.68. The van der Waals surface area contributed by atoms with Crippen LogP contribution in [0, 0.1) is 0 Å². The molecule has 2 heteroatoms. The van der Waals surface area contributed by atoms with Crippen LogP contribution in [0.5, 0.6) is 0 Å². The molecule has 0 saturated carbocycles. The minimum absolute atomic E-state index is 0.319. The van der Waals surface area contributed by atoms with Crippen LogP contribution in [-0.4, -0.2) is 17.1 Å². The first-order valence-electron chi connectivity index (χ1n) is 4.53. The molecule has 0 heterocycles. The summed E-state index contributed by atoms with van der Waals surface area (Å²) in [6.45, 7) is 2.13. The van der Waals surface area contributed by atoms with Gasteiger partial charge in [0.2, 0.25) is 0 Å². The van der Waals surface area contributed by atoms with Crippen LogP contribution in [0.25, 0.3) is 0 Å². The maximum absolute atomic E-state index is 9.66. The van der Waals surface area contributed by atoms with Gasteiger partial charge in [-0.15, -0.1) is 0 Å². The molecule has 0 amide bonds. The maximum Gasteiger partial charge on any atom is 0.0880 e. The molecular formula is C11H16OS. The van der Waals surface area contributed by atoms with Gasteiger partial charge in [-0.3, -0.25) is 0 Å². The molecule has 0 aliphatic heterocycles. The molecule has 0 radical (unpaired) electrons. The molecule has 1 nitrogen and oxygen atoms in total. The lowest BCUT2D eigenvalue weighted by Gasteiger charge is -2.09. The van der Waals surface area contributed by atoms with Crippen LogP contribution in [0.3, 0.4) is 0 Å². The zero-order valence-electron chi connectivity index (χ0n) is 8.16. The molecular weight excluding hydrogens is 180 g/mol. The predicted octanol–water partition coefficient (Wildman–Crippen LogP) is 2.65. The number of thioether (sulfide) groups is 1. The smallest absolute Gasteiger partial charge is 0.0880 e. The van der Waals surface area contributed by atoms with Crippen LogP contribution >= 0.6 is 11.8 Å². The quantitative estimate of drug-likeness (QED) is 0.799. The number of aliphatic hydroxyl groups is 1. The van der Waals surface area contributed by atoms with E-state index in [0.29, 0.717) is 0 Å². The molecule has 1 atom stereocenters.